The minimum absolute atomic E-state index is 0.0331. The quantitative estimate of drug-likeness (QED) is 0.0240. The molecule has 0 spiro atoms. The third-order valence-corrected chi connectivity index (χ3v) is 9.58. The highest BCUT2D eigenvalue weighted by Crippen LogP contribution is 2.43. The molecule has 0 aromatic carbocycles. The fourth-order valence-corrected chi connectivity index (χ4v) is 6.16. The van der Waals surface area contributed by atoms with E-state index < -0.39 is 45.8 Å². The van der Waals surface area contributed by atoms with E-state index in [0.717, 1.165) is 89.9 Å². The molecule has 3 atom stereocenters. The van der Waals surface area contributed by atoms with Crippen molar-refractivity contribution in [2.75, 3.05) is 33.0 Å². The van der Waals surface area contributed by atoms with Crippen LogP contribution >= 0.6 is 7.82 Å². The molecular formula is C45H79O9P. The molecule has 0 aromatic heterocycles. The van der Waals surface area contributed by atoms with E-state index in [9.17, 15) is 19.4 Å². The van der Waals surface area contributed by atoms with E-state index in [4.69, 9.17) is 23.6 Å². The average molecular weight is 795 g/mol. The number of carbonyl (C=O) groups is 1. The van der Waals surface area contributed by atoms with Gasteiger partial charge in [0.25, 0.3) is 0 Å². The Morgan fingerprint density at radius 1 is 0.582 bits per heavy atom. The first-order valence-corrected chi connectivity index (χ1v) is 22.9. The summed E-state index contributed by atoms with van der Waals surface area (Å²) >= 11 is 0. The van der Waals surface area contributed by atoms with Gasteiger partial charge in [-0.3, -0.25) is 13.8 Å². The van der Waals surface area contributed by atoms with Gasteiger partial charge in [-0.1, -0.05) is 145 Å². The lowest BCUT2D eigenvalue weighted by Crippen LogP contribution is -2.29. The molecule has 10 heteroatoms. The molecule has 0 amide bonds. The molecule has 0 bridgehead atoms. The Hall–Kier alpha value is -2.10. The average Bonchev–Trinajstić information content (AvgIpc) is 3.18. The summed E-state index contributed by atoms with van der Waals surface area (Å²) in [4.78, 5) is 22.6. The summed E-state index contributed by atoms with van der Waals surface area (Å²) in [6.07, 6.45) is 48.5. The Bertz CT molecular complexity index is 1080. The Morgan fingerprint density at radius 2 is 1.04 bits per heavy atom. The first-order chi connectivity index (χ1) is 26.8. The Labute approximate surface area is 335 Å². The highest BCUT2D eigenvalue weighted by molar-refractivity contribution is 7.47. The number of allylic oxidation sites excluding steroid dienone is 12. The third kappa shape index (κ3) is 41.4. The predicted octanol–water partition coefficient (Wildman–Crippen LogP) is 11.8. The maximum absolute atomic E-state index is 12.6. The second-order valence-electron chi connectivity index (χ2n) is 14.0. The van der Waals surface area contributed by atoms with Gasteiger partial charge in [0.15, 0.2) is 0 Å². The number of rotatable bonds is 40. The second kappa shape index (κ2) is 41.5. The summed E-state index contributed by atoms with van der Waals surface area (Å²) in [5.41, 5.74) is 0. The zero-order valence-electron chi connectivity index (χ0n) is 34.6. The number of carbonyl (C=O) groups excluding carboxylic acids is 1. The molecule has 0 aliphatic rings. The van der Waals surface area contributed by atoms with Crippen molar-refractivity contribution in [3.63, 3.8) is 0 Å². The van der Waals surface area contributed by atoms with E-state index in [2.05, 4.69) is 86.8 Å². The van der Waals surface area contributed by atoms with Crippen LogP contribution in [0.5, 0.6) is 0 Å². The highest BCUT2D eigenvalue weighted by atomic mass is 31.2. The van der Waals surface area contributed by atoms with Crippen LogP contribution in [0.1, 0.15) is 162 Å². The molecule has 55 heavy (non-hydrogen) atoms. The molecule has 0 aromatic rings. The zero-order valence-corrected chi connectivity index (χ0v) is 35.5. The number of ether oxygens (including phenoxy) is 2. The zero-order chi connectivity index (χ0) is 40.3. The first-order valence-electron chi connectivity index (χ1n) is 21.4. The van der Waals surface area contributed by atoms with Gasteiger partial charge in [0, 0.05) is 13.0 Å². The third-order valence-electron chi connectivity index (χ3n) is 8.63. The molecule has 3 unspecified atom stereocenters. The molecule has 3 N–H and O–H groups in total. The van der Waals surface area contributed by atoms with Gasteiger partial charge in [0.05, 0.1) is 26.4 Å². The van der Waals surface area contributed by atoms with Crippen LogP contribution in [0.2, 0.25) is 0 Å². The summed E-state index contributed by atoms with van der Waals surface area (Å²) in [6.45, 7) is 3.32. The SMILES string of the molecule is CC/C=C\C/C=C\C/C=C\C/C=C\C/C=C\CCCCCCCC(=O)OC(COCCCCCCCC/C=C\CCCCC)COP(=O)(O)OCC(O)CO. The van der Waals surface area contributed by atoms with Gasteiger partial charge in [-0.05, 0) is 83.5 Å². The fraction of sp³-hybridized carbons (Fsp3) is 0.711. The lowest BCUT2D eigenvalue weighted by molar-refractivity contribution is -0.154. The van der Waals surface area contributed by atoms with Crippen LogP contribution in [0.4, 0.5) is 0 Å². The molecule has 0 saturated carbocycles. The van der Waals surface area contributed by atoms with Crippen LogP contribution in [0.25, 0.3) is 0 Å². The summed E-state index contributed by atoms with van der Waals surface area (Å²) in [5.74, 6) is -0.406. The number of aliphatic hydroxyl groups is 2. The second-order valence-corrected chi connectivity index (χ2v) is 15.4. The van der Waals surface area contributed by atoms with E-state index in [0.29, 0.717) is 13.0 Å². The van der Waals surface area contributed by atoms with Crippen molar-refractivity contribution in [3.8, 4) is 0 Å². The highest BCUT2D eigenvalue weighted by Gasteiger charge is 2.26. The van der Waals surface area contributed by atoms with Crippen molar-refractivity contribution in [2.45, 2.75) is 174 Å². The Morgan fingerprint density at radius 3 is 1.58 bits per heavy atom. The summed E-state index contributed by atoms with van der Waals surface area (Å²) in [6, 6.07) is 0. The maximum atomic E-state index is 12.6. The van der Waals surface area contributed by atoms with Crippen molar-refractivity contribution < 1.29 is 43.0 Å². The molecule has 0 aliphatic carbocycles. The van der Waals surface area contributed by atoms with E-state index in [1.54, 1.807) is 0 Å². The number of phosphoric acid groups is 1. The molecule has 0 saturated heterocycles. The van der Waals surface area contributed by atoms with Gasteiger partial charge in [-0.2, -0.15) is 0 Å². The molecule has 0 fully saturated rings. The van der Waals surface area contributed by atoms with Crippen LogP contribution in [-0.2, 0) is 27.9 Å². The number of unbranched alkanes of at least 4 members (excludes halogenated alkanes) is 14. The topological polar surface area (TPSA) is 132 Å². The molecular weight excluding hydrogens is 715 g/mol. The van der Waals surface area contributed by atoms with E-state index in [1.807, 2.05) is 0 Å². The number of esters is 1. The van der Waals surface area contributed by atoms with Crippen LogP contribution in [-0.4, -0.2) is 66.3 Å². The molecule has 0 radical (unpaired) electrons. The monoisotopic (exact) mass is 795 g/mol. The van der Waals surface area contributed by atoms with Crippen LogP contribution < -0.4 is 0 Å². The summed E-state index contributed by atoms with van der Waals surface area (Å²) < 4.78 is 33.3. The number of hydrogen-bond donors (Lipinski definition) is 3. The smallest absolute Gasteiger partial charge is 0.457 e. The van der Waals surface area contributed by atoms with Gasteiger partial charge >= 0.3 is 13.8 Å². The maximum Gasteiger partial charge on any atom is 0.472 e. The first kappa shape index (κ1) is 52.9. The Balaban J connectivity index is 4.23. The van der Waals surface area contributed by atoms with Crippen LogP contribution in [0, 0.1) is 0 Å². The van der Waals surface area contributed by atoms with Crippen molar-refractivity contribution in [2.24, 2.45) is 0 Å². The van der Waals surface area contributed by atoms with Crippen LogP contribution in [0.3, 0.4) is 0 Å². The number of hydrogen-bond acceptors (Lipinski definition) is 8. The lowest BCUT2D eigenvalue weighted by Gasteiger charge is -2.20. The lowest BCUT2D eigenvalue weighted by atomic mass is 10.1. The van der Waals surface area contributed by atoms with Gasteiger partial charge in [-0.25, -0.2) is 4.57 Å². The summed E-state index contributed by atoms with van der Waals surface area (Å²) in [7, 11) is -4.53. The van der Waals surface area contributed by atoms with E-state index in [1.165, 1.54) is 44.9 Å². The van der Waals surface area contributed by atoms with E-state index >= 15 is 0 Å². The predicted molar refractivity (Wildman–Crippen MR) is 228 cm³/mol. The van der Waals surface area contributed by atoms with E-state index in [-0.39, 0.29) is 13.0 Å². The molecule has 0 rings (SSSR count). The van der Waals surface area contributed by atoms with Crippen molar-refractivity contribution in [3.05, 3.63) is 72.9 Å². The molecule has 0 heterocycles. The standard InChI is InChI=1S/C45H79O9P/c1-3-5-7-9-11-13-15-17-18-19-20-21-22-23-24-25-27-29-31-33-35-37-45(48)54-44(42-53-55(49,50)52-40-43(47)39-46)41-51-38-36-34-32-30-28-26-16-14-12-10-8-6-4-2/h5,7,11-14,17-18,20-21,23-24,43-44,46-47H,3-4,6,8-10,15-16,19,22,25-42H2,1-2H3,(H,49,50)/b7-5-,13-11-,14-12-,18-17-,21-20-,24-23-. The van der Waals surface area contributed by atoms with Gasteiger partial charge in [-0.15, -0.1) is 0 Å². The number of phosphoric ester groups is 1. The molecule has 9 nitrogen and oxygen atoms in total. The molecule has 0 aliphatic heterocycles. The van der Waals surface area contributed by atoms with Crippen molar-refractivity contribution in [1.29, 1.82) is 0 Å². The minimum Gasteiger partial charge on any atom is -0.457 e. The minimum atomic E-state index is -4.53. The van der Waals surface area contributed by atoms with Crippen molar-refractivity contribution >= 4 is 13.8 Å². The largest absolute Gasteiger partial charge is 0.472 e. The van der Waals surface area contributed by atoms with Crippen LogP contribution in [0.15, 0.2) is 72.9 Å². The number of aliphatic hydroxyl groups excluding tert-OH is 2. The normalized spacial score (nSPS) is 14.8. The van der Waals surface area contributed by atoms with Gasteiger partial charge in [0.2, 0.25) is 0 Å². The summed E-state index contributed by atoms with van der Waals surface area (Å²) in [5, 5.41) is 18.3. The van der Waals surface area contributed by atoms with Gasteiger partial charge < -0.3 is 24.6 Å². The van der Waals surface area contributed by atoms with Crippen molar-refractivity contribution in [1.82, 2.24) is 0 Å². The molecule has 318 valence electrons. The van der Waals surface area contributed by atoms with Gasteiger partial charge in [0.1, 0.15) is 12.2 Å². The Kier molecular flexibility index (Phi) is 39.9. The fourth-order valence-electron chi connectivity index (χ4n) is 5.38.